The number of carbonyl (C=O) groups is 1. The van der Waals surface area contributed by atoms with Crippen LogP contribution in [0.1, 0.15) is 15.9 Å². The number of aryl methyl sites for hydroxylation is 1. The highest BCUT2D eigenvalue weighted by atomic mass is 79.9. The molecule has 2 aromatic carbocycles. The van der Waals surface area contributed by atoms with Crippen molar-refractivity contribution in [1.82, 2.24) is 4.34 Å². The first kappa shape index (κ1) is 16.7. The number of ether oxygens (including phenoxy) is 2. The summed E-state index contributed by atoms with van der Waals surface area (Å²) < 4.78 is 13.1. The SMILES string of the molecule is COc1cc(Sc2ccc(C(=O)NBr)cc2)cc(C)c1OC. The van der Waals surface area contributed by atoms with Crippen molar-refractivity contribution in [3.05, 3.63) is 47.5 Å². The standard InChI is InChI=1S/C16H16BrNO3S/c1-10-8-13(9-14(20-2)15(10)21-3)22-12-6-4-11(5-7-12)16(19)18-17/h4-9H,1-3H3,(H,18,19). The number of hydrogen-bond donors (Lipinski definition) is 1. The van der Waals surface area contributed by atoms with Crippen LogP contribution in [-0.2, 0) is 0 Å². The lowest BCUT2D eigenvalue weighted by Crippen LogP contribution is -2.11. The zero-order valence-corrected chi connectivity index (χ0v) is 14.9. The summed E-state index contributed by atoms with van der Waals surface area (Å²) in [5, 5.41) is 0. The minimum absolute atomic E-state index is 0.168. The van der Waals surface area contributed by atoms with Gasteiger partial charge in [-0.3, -0.25) is 9.14 Å². The van der Waals surface area contributed by atoms with Crippen LogP contribution < -0.4 is 13.8 Å². The fraction of sp³-hybridized carbons (Fsp3) is 0.188. The Kier molecular flexibility index (Phi) is 5.74. The van der Waals surface area contributed by atoms with Crippen LogP contribution in [0.15, 0.2) is 46.2 Å². The van der Waals surface area contributed by atoms with Crippen LogP contribution in [0.4, 0.5) is 0 Å². The van der Waals surface area contributed by atoms with Gasteiger partial charge in [-0.15, -0.1) is 0 Å². The van der Waals surface area contributed by atoms with Crippen LogP contribution >= 0.6 is 27.9 Å². The number of nitrogens with one attached hydrogen (secondary N) is 1. The molecule has 0 saturated heterocycles. The first-order valence-electron chi connectivity index (χ1n) is 6.50. The van der Waals surface area contributed by atoms with E-state index in [9.17, 15) is 4.79 Å². The summed E-state index contributed by atoms with van der Waals surface area (Å²) in [5.41, 5.74) is 1.62. The van der Waals surface area contributed by atoms with Crippen molar-refractivity contribution in [2.45, 2.75) is 16.7 Å². The van der Waals surface area contributed by atoms with Crippen molar-refractivity contribution in [1.29, 1.82) is 0 Å². The van der Waals surface area contributed by atoms with Crippen molar-refractivity contribution < 1.29 is 14.3 Å². The monoisotopic (exact) mass is 381 g/mol. The third-order valence-electron chi connectivity index (χ3n) is 3.08. The Hall–Kier alpha value is -1.66. The molecule has 0 aliphatic carbocycles. The molecule has 4 nitrogen and oxygen atoms in total. The highest BCUT2D eigenvalue weighted by Crippen LogP contribution is 2.38. The van der Waals surface area contributed by atoms with Crippen LogP contribution in [0.5, 0.6) is 11.5 Å². The van der Waals surface area contributed by atoms with Crippen molar-refractivity contribution in [2.75, 3.05) is 14.2 Å². The van der Waals surface area contributed by atoms with E-state index in [2.05, 4.69) is 20.5 Å². The van der Waals surface area contributed by atoms with Gasteiger partial charge in [-0.25, -0.2) is 0 Å². The van der Waals surface area contributed by atoms with Gasteiger partial charge in [0.1, 0.15) is 0 Å². The molecule has 0 radical (unpaired) electrons. The molecule has 0 aliphatic heterocycles. The molecule has 0 bridgehead atoms. The Labute approximate surface area is 142 Å². The average Bonchev–Trinajstić information content (AvgIpc) is 2.54. The van der Waals surface area contributed by atoms with Crippen molar-refractivity contribution in [2.24, 2.45) is 0 Å². The summed E-state index contributed by atoms with van der Waals surface area (Å²) in [5.74, 6) is 1.29. The zero-order valence-electron chi connectivity index (χ0n) is 12.5. The molecule has 0 saturated carbocycles. The average molecular weight is 382 g/mol. The first-order valence-corrected chi connectivity index (χ1v) is 8.11. The maximum Gasteiger partial charge on any atom is 0.261 e. The van der Waals surface area contributed by atoms with Crippen LogP contribution in [0.25, 0.3) is 0 Å². The van der Waals surface area contributed by atoms with Gasteiger partial charge in [0.05, 0.1) is 14.2 Å². The van der Waals surface area contributed by atoms with Gasteiger partial charge in [0.15, 0.2) is 11.5 Å². The molecule has 0 atom stereocenters. The second kappa shape index (κ2) is 7.56. The lowest BCUT2D eigenvalue weighted by Gasteiger charge is -2.12. The Morgan fingerprint density at radius 3 is 2.32 bits per heavy atom. The minimum atomic E-state index is -0.168. The molecule has 6 heteroatoms. The Bertz CT molecular complexity index is 674. The number of amides is 1. The highest BCUT2D eigenvalue weighted by Gasteiger charge is 2.10. The summed E-state index contributed by atoms with van der Waals surface area (Å²) in [4.78, 5) is 13.6. The first-order chi connectivity index (χ1) is 10.6. The Morgan fingerprint density at radius 2 is 1.77 bits per heavy atom. The van der Waals surface area contributed by atoms with Gasteiger partial charge in [-0.1, -0.05) is 11.8 Å². The molecule has 0 aliphatic rings. The summed E-state index contributed by atoms with van der Waals surface area (Å²) >= 11 is 4.53. The fourth-order valence-corrected chi connectivity index (χ4v) is 3.22. The van der Waals surface area contributed by atoms with E-state index in [1.807, 2.05) is 31.2 Å². The van der Waals surface area contributed by atoms with Gasteiger partial charge in [0, 0.05) is 31.5 Å². The van der Waals surface area contributed by atoms with E-state index in [4.69, 9.17) is 9.47 Å². The third-order valence-corrected chi connectivity index (χ3v) is 4.42. The zero-order chi connectivity index (χ0) is 16.1. The molecule has 1 amide bonds. The molecule has 22 heavy (non-hydrogen) atoms. The summed E-state index contributed by atoms with van der Waals surface area (Å²) in [6.45, 7) is 1.98. The number of hydrogen-bond acceptors (Lipinski definition) is 4. The summed E-state index contributed by atoms with van der Waals surface area (Å²) in [7, 11) is 3.25. The van der Waals surface area contributed by atoms with Crippen LogP contribution in [0.3, 0.4) is 0 Å². The maximum absolute atomic E-state index is 11.5. The van der Waals surface area contributed by atoms with E-state index < -0.39 is 0 Å². The van der Waals surface area contributed by atoms with Gasteiger partial charge in [-0.2, -0.15) is 0 Å². The molecule has 0 spiro atoms. The second-order valence-electron chi connectivity index (χ2n) is 4.53. The lowest BCUT2D eigenvalue weighted by molar-refractivity contribution is 0.0986. The molecule has 2 aromatic rings. The van der Waals surface area contributed by atoms with E-state index in [-0.39, 0.29) is 5.91 Å². The Morgan fingerprint density at radius 1 is 1.09 bits per heavy atom. The smallest absolute Gasteiger partial charge is 0.261 e. The van der Waals surface area contributed by atoms with Crippen LogP contribution in [-0.4, -0.2) is 20.1 Å². The largest absolute Gasteiger partial charge is 0.493 e. The topological polar surface area (TPSA) is 47.6 Å². The van der Waals surface area contributed by atoms with E-state index >= 15 is 0 Å². The second-order valence-corrected chi connectivity index (χ2v) is 6.07. The van der Waals surface area contributed by atoms with Crippen LogP contribution in [0.2, 0.25) is 0 Å². The fourth-order valence-electron chi connectivity index (χ4n) is 2.05. The summed E-state index contributed by atoms with van der Waals surface area (Å²) in [6, 6.07) is 11.4. The molecule has 2 rings (SSSR count). The molecular weight excluding hydrogens is 366 g/mol. The van der Waals surface area contributed by atoms with Gasteiger partial charge >= 0.3 is 0 Å². The van der Waals surface area contributed by atoms with Gasteiger partial charge in [0.25, 0.3) is 5.91 Å². The molecule has 0 aromatic heterocycles. The lowest BCUT2D eigenvalue weighted by atomic mass is 10.2. The van der Waals surface area contributed by atoms with Gasteiger partial charge in [0.2, 0.25) is 0 Å². The Balaban J connectivity index is 2.23. The normalized spacial score (nSPS) is 10.2. The van der Waals surface area contributed by atoms with Crippen molar-refractivity contribution in [3.8, 4) is 11.5 Å². The number of rotatable bonds is 5. The van der Waals surface area contributed by atoms with Crippen molar-refractivity contribution in [3.63, 3.8) is 0 Å². The molecular formula is C16H16BrNO3S. The third kappa shape index (κ3) is 3.75. The summed E-state index contributed by atoms with van der Waals surface area (Å²) in [6.07, 6.45) is 0. The van der Waals surface area contributed by atoms with E-state index in [1.54, 1.807) is 38.1 Å². The number of carbonyl (C=O) groups excluding carboxylic acids is 1. The van der Waals surface area contributed by atoms with E-state index in [0.29, 0.717) is 11.3 Å². The highest BCUT2D eigenvalue weighted by molar-refractivity contribution is 9.08. The molecule has 0 unspecified atom stereocenters. The number of halogens is 1. The number of methoxy groups -OCH3 is 2. The van der Waals surface area contributed by atoms with E-state index in [0.717, 1.165) is 21.1 Å². The molecule has 0 fully saturated rings. The predicted molar refractivity (Wildman–Crippen MR) is 91.2 cm³/mol. The van der Waals surface area contributed by atoms with E-state index in [1.165, 1.54) is 0 Å². The molecule has 116 valence electrons. The van der Waals surface area contributed by atoms with Gasteiger partial charge < -0.3 is 9.47 Å². The van der Waals surface area contributed by atoms with Gasteiger partial charge in [-0.05, 0) is 48.9 Å². The van der Waals surface area contributed by atoms with Crippen molar-refractivity contribution >= 4 is 33.8 Å². The minimum Gasteiger partial charge on any atom is -0.493 e. The van der Waals surface area contributed by atoms with Crippen LogP contribution in [0, 0.1) is 6.92 Å². The quantitative estimate of drug-likeness (QED) is 0.788. The molecule has 0 heterocycles. The maximum atomic E-state index is 11.5. The predicted octanol–water partition coefficient (Wildman–Crippen LogP) is 4.20. The molecule has 1 N–H and O–H groups in total. The number of benzene rings is 2.